The average molecular weight is 358 g/mol. The number of amides is 1. The summed E-state index contributed by atoms with van der Waals surface area (Å²) in [6, 6.07) is 6.98. The summed E-state index contributed by atoms with van der Waals surface area (Å²) in [5.74, 6) is 1.17. The molecule has 1 unspecified atom stereocenters. The molecule has 4 rings (SSSR count). The zero-order valence-corrected chi connectivity index (χ0v) is 14.3. The fraction of sp³-hybridized carbons (Fsp3) is 0.294. The van der Waals surface area contributed by atoms with E-state index >= 15 is 0 Å². The van der Waals surface area contributed by atoms with Crippen LogP contribution in [0.3, 0.4) is 0 Å². The van der Waals surface area contributed by atoms with Crippen molar-refractivity contribution in [2.24, 2.45) is 5.10 Å². The lowest BCUT2D eigenvalue weighted by atomic mass is 10.1. The third-order valence-electron chi connectivity index (χ3n) is 4.30. The molecule has 1 amide bonds. The minimum Gasteiger partial charge on any atom is -0.495 e. The highest BCUT2D eigenvalue weighted by Crippen LogP contribution is 2.29. The van der Waals surface area contributed by atoms with Gasteiger partial charge in [0.2, 0.25) is 5.91 Å². The number of carbonyl (C=O) groups excluding carboxylic acids is 1. The molecule has 2 aliphatic heterocycles. The number of hydrogen-bond donors (Lipinski definition) is 1. The summed E-state index contributed by atoms with van der Waals surface area (Å²) in [5.41, 5.74) is 2.31. The summed E-state index contributed by atoms with van der Waals surface area (Å²) in [5, 5.41) is 9.76. The molecule has 25 heavy (non-hydrogen) atoms. The summed E-state index contributed by atoms with van der Waals surface area (Å²) in [6.07, 6.45) is 2.24. The first-order chi connectivity index (χ1) is 12.2. The molecule has 2 aromatic rings. The number of hydrogen-bond acceptors (Lipinski definition) is 6. The van der Waals surface area contributed by atoms with E-state index in [2.05, 4.69) is 20.4 Å². The van der Waals surface area contributed by atoms with Crippen molar-refractivity contribution in [2.75, 3.05) is 20.2 Å². The largest absolute Gasteiger partial charge is 0.495 e. The number of benzene rings is 1. The van der Waals surface area contributed by atoms with Gasteiger partial charge >= 0.3 is 0 Å². The van der Waals surface area contributed by atoms with Crippen molar-refractivity contribution in [3.05, 3.63) is 41.2 Å². The number of hydrazone groups is 1. The van der Waals surface area contributed by atoms with Crippen LogP contribution in [0.2, 0.25) is 5.02 Å². The minimum atomic E-state index is -0.238. The summed E-state index contributed by atoms with van der Waals surface area (Å²) < 4.78 is 5.17. The van der Waals surface area contributed by atoms with E-state index in [4.69, 9.17) is 16.3 Å². The van der Waals surface area contributed by atoms with E-state index in [9.17, 15) is 4.79 Å². The Morgan fingerprint density at radius 1 is 1.36 bits per heavy atom. The highest BCUT2D eigenvalue weighted by Gasteiger charge is 2.35. The first kappa shape index (κ1) is 15.8. The van der Waals surface area contributed by atoms with Crippen LogP contribution in [0.5, 0.6) is 5.75 Å². The number of aromatic nitrogens is 2. The van der Waals surface area contributed by atoms with Crippen LogP contribution in [0, 0.1) is 0 Å². The molecule has 1 N–H and O–H groups in total. The number of halogens is 1. The number of ether oxygens (including phenoxy) is 1. The lowest BCUT2D eigenvalue weighted by molar-refractivity contribution is -0.128. The molecular formula is C17H16ClN5O2. The van der Waals surface area contributed by atoms with Crippen molar-refractivity contribution in [1.29, 1.82) is 0 Å². The van der Waals surface area contributed by atoms with Gasteiger partial charge in [-0.15, -0.1) is 0 Å². The molecule has 1 aromatic heterocycles. The average Bonchev–Trinajstić information content (AvgIpc) is 3.07. The molecule has 0 spiro atoms. The first-order valence-electron chi connectivity index (χ1n) is 7.95. The molecule has 7 nitrogen and oxygen atoms in total. The van der Waals surface area contributed by atoms with Gasteiger partial charge < -0.3 is 10.1 Å². The van der Waals surface area contributed by atoms with Crippen LogP contribution in [-0.2, 0) is 4.79 Å². The number of methoxy groups -OCH3 is 1. The van der Waals surface area contributed by atoms with Crippen molar-refractivity contribution < 1.29 is 9.53 Å². The van der Waals surface area contributed by atoms with E-state index in [1.54, 1.807) is 25.4 Å². The third kappa shape index (κ3) is 2.91. The second kappa shape index (κ2) is 6.33. The molecule has 1 saturated heterocycles. The van der Waals surface area contributed by atoms with Crippen LogP contribution in [0.4, 0.5) is 0 Å². The molecule has 0 radical (unpaired) electrons. The fourth-order valence-electron chi connectivity index (χ4n) is 3.02. The van der Waals surface area contributed by atoms with Crippen LogP contribution in [0.1, 0.15) is 12.1 Å². The second-order valence-corrected chi connectivity index (χ2v) is 6.24. The number of rotatable bonds is 3. The van der Waals surface area contributed by atoms with E-state index in [1.807, 2.05) is 17.1 Å². The van der Waals surface area contributed by atoms with Gasteiger partial charge in [-0.05, 0) is 24.3 Å². The maximum absolute atomic E-state index is 12.0. The lowest BCUT2D eigenvalue weighted by Crippen LogP contribution is -2.51. The Bertz CT molecular complexity index is 870. The summed E-state index contributed by atoms with van der Waals surface area (Å²) in [7, 11) is 1.57. The maximum atomic E-state index is 12.0. The van der Waals surface area contributed by atoms with Gasteiger partial charge in [0.25, 0.3) is 0 Å². The van der Waals surface area contributed by atoms with Gasteiger partial charge in [0.15, 0.2) is 5.82 Å². The topological polar surface area (TPSA) is 79.7 Å². The Labute approximate surface area is 149 Å². The number of carbonyl (C=O) groups is 1. The van der Waals surface area contributed by atoms with E-state index in [0.29, 0.717) is 36.1 Å². The Kier molecular flexibility index (Phi) is 4.01. The number of nitrogens with zero attached hydrogens (tertiary/aromatic N) is 4. The van der Waals surface area contributed by atoms with Gasteiger partial charge in [0, 0.05) is 24.7 Å². The molecule has 1 atom stereocenters. The molecule has 0 saturated carbocycles. The number of piperazine rings is 1. The Hall–Kier alpha value is -2.67. The van der Waals surface area contributed by atoms with Crippen molar-refractivity contribution in [2.45, 2.75) is 12.5 Å². The van der Waals surface area contributed by atoms with Crippen LogP contribution in [0.15, 0.2) is 35.6 Å². The summed E-state index contributed by atoms with van der Waals surface area (Å²) in [4.78, 5) is 20.9. The Balaban J connectivity index is 1.64. The third-order valence-corrected chi connectivity index (χ3v) is 4.60. The van der Waals surface area contributed by atoms with Crippen LogP contribution in [-0.4, -0.2) is 52.8 Å². The van der Waals surface area contributed by atoms with Gasteiger partial charge in [-0.3, -0.25) is 9.80 Å². The number of fused-ring (bicyclic) bond motifs is 1. The van der Waals surface area contributed by atoms with Gasteiger partial charge in [-0.1, -0.05) is 11.6 Å². The maximum Gasteiger partial charge on any atom is 0.244 e. The molecule has 2 aliphatic rings. The van der Waals surface area contributed by atoms with Crippen molar-refractivity contribution >= 4 is 23.2 Å². The predicted molar refractivity (Wildman–Crippen MR) is 93.7 cm³/mol. The van der Waals surface area contributed by atoms with Crippen molar-refractivity contribution in [3.8, 4) is 17.1 Å². The van der Waals surface area contributed by atoms with Crippen LogP contribution >= 0.6 is 11.6 Å². The molecule has 1 fully saturated rings. The fourth-order valence-corrected chi connectivity index (χ4v) is 3.28. The minimum absolute atomic E-state index is 0.0150. The second-order valence-electron chi connectivity index (χ2n) is 5.84. The van der Waals surface area contributed by atoms with Crippen molar-refractivity contribution in [1.82, 2.24) is 20.3 Å². The van der Waals surface area contributed by atoms with Gasteiger partial charge in [0.1, 0.15) is 11.8 Å². The molecule has 3 heterocycles. The summed E-state index contributed by atoms with van der Waals surface area (Å²) >= 11 is 6.19. The quantitative estimate of drug-likeness (QED) is 0.904. The standard InChI is InChI=1S/C17H16ClN5O2/c1-25-15-3-2-10(8-11(15)18)16-19-5-4-12(21-16)13-9-14-17(24)20-6-7-23(14)22-13/h2-5,8,14H,6-7,9H2,1H3,(H,20,24). The van der Waals surface area contributed by atoms with Crippen molar-refractivity contribution in [3.63, 3.8) is 0 Å². The zero-order chi connectivity index (χ0) is 17.4. The molecule has 0 bridgehead atoms. The Morgan fingerprint density at radius 3 is 3.00 bits per heavy atom. The highest BCUT2D eigenvalue weighted by atomic mass is 35.5. The molecule has 128 valence electrons. The molecule has 8 heteroatoms. The van der Waals surface area contributed by atoms with Crippen LogP contribution < -0.4 is 10.1 Å². The highest BCUT2D eigenvalue weighted by molar-refractivity contribution is 6.32. The molecule has 0 aliphatic carbocycles. The summed E-state index contributed by atoms with van der Waals surface area (Å²) in [6.45, 7) is 1.33. The smallest absolute Gasteiger partial charge is 0.244 e. The normalized spacial score (nSPS) is 19.3. The SMILES string of the molecule is COc1ccc(-c2nccc(C3=NN4CCNC(=O)C4C3)n2)cc1Cl. The van der Waals surface area contributed by atoms with Gasteiger partial charge in [-0.2, -0.15) is 5.10 Å². The predicted octanol–water partition coefficient (Wildman–Crippen LogP) is 1.71. The van der Waals surface area contributed by atoms with E-state index in [1.165, 1.54) is 0 Å². The zero-order valence-electron chi connectivity index (χ0n) is 13.6. The Morgan fingerprint density at radius 2 is 2.24 bits per heavy atom. The first-order valence-corrected chi connectivity index (χ1v) is 8.32. The van der Waals surface area contributed by atoms with Gasteiger partial charge in [0.05, 0.1) is 30.1 Å². The van der Waals surface area contributed by atoms with E-state index < -0.39 is 0 Å². The van der Waals surface area contributed by atoms with Crippen LogP contribution in [0.25, 0.3) is 11.4 Å². The van der Waals surface area contributed by atoms with Gasteiger partial charge in [-0.25, -0.2) is 9.97 Å². The molecule has 1 aromatic carbocycles. The monoisotopic (exact) mass is 357 g/mol. The van der Waals surface area contributed by atoms with E-state index in [0.717, 1.165) is 17.0 Å². The lowest BCUT2D eigenvalue weighted by Gasteiger charge is -2.27. The number of nitrogens with one attached hydrogen (secondary N) is 1. The van der Waals surface area contributed by atoms with E-state index in [-0.39, 0.29) is 11.9 Å². The molecular weight excluding hydrogens is 342 g/mol.